The van der Waals surface area contributed by atoms with E-state index in [2.05, 4.69) is 32.4 Å². The number of halogens is 1. The van der Waals surface area contributed by atoms with Crippen LogP contribution in [0.1, 0.15) is 70.6 Å². The third-order valence-corrected chi connectivity index (χ3v) is 12.3. The van der Waals surface area contributed by atoms with Crippen molar-refractivity contribution in [2.75, 3.05) is 40.3 Å². The predicted molar refractivity (Wildman–Crippen MR) is 161 cm³/mol. The summed E-state index contributed by atoms with van der Waals surface area (Å²) in [5.74, 6) is 0.0663. The molecule has 6 fully saturated rings. The van der Waals surface area contributed by atoms with Crippen molar-refractivity contribution < 1.29 is 28.2 Å². The molecule has 3 aliphatic carbocycles. The Morgan fingerprint density at radius 2 is 1.84 bits per heavy atom. The van der Waals surface area contributed by atoms with Gasteiger partial charge in [0.15, 0.2) is 5.78 Å². The first-order valence-electron chi connectivity index (χ1n) is 17.2. The van der Waals surface area contributed by atoms with E-state index in [4.69, 9.17) is 9.47 Å². The van der Waals surface area contributed by atoms with Crippen LogP contribution >= 0.6 is 0 Å². The summed E-state index contributed by atoms with van der Waals surface area (Å²) in [6.45, 7) is 2.77. The number of hydrogen-bond donors (Lipinski definition) is 2. The first-order valence-corrected chi connectivity index (χ1v) is 17.2. The fourth-order valence-electron chi connectivity index (χ4n) is 10.1. The number of alkyl carbamates (subject to hydrolysis) is 1. The van der Waals surface area contributed by atoms with Crippen molar-refractivity contribution in [1.82, 2.24) is 25.3 Å². The van der Waals surface area contributed by atoms with Gasteiger partial charge in [0.1, 0.15) is 6.17 Å². The molecule has 11 atom stereocenters. The molecule has 4 heterocycles. The van der Waals surface area contributed by atoms with Crippen LogP contribution in [0.15, 0.2) is 11.8 Å². The van der Waals surface area contributed by atoms with Gasteiger partial charge in [0.05, 0.1) is 43.0 Å². The number of fused-ring (bicyclic) bond motifs is 3. The summed E-state index contributed by atoms with van der Waals surface area (Å²) < 4.78 is 28.2. The summed E-state index contributed by atoms with van der Waals surface area (Å²) in [6, 6.07) is -0.377. The maximum absolute atomic E-state index is 16.4. The van der Waals surface area contributed by atoms with E-state index in [1.54, 1.807) is 0 Å². The van der Waals surface area contributed by atoms with Crippen LogP contribution in [0, 0.1) is 17.8 Å². The minimum Gasteiger partial charge on any atom is -0.453 e. The number of methoxy groups -OCH3 is 1. The first kappa shape index (κ1) is 30.4. The smallest absolute Gasteiger partial charge is 0.407 e. The van der Waals surface area contributed by atoms with Gasteiger partial charge in [-0.05, 0) is 70.4 Å². The number of carbonyl (C=O) groups excluding carboxylic acids is 3. The number of amides is 2. The van der Waals surface area contributed by atoms with Crippen molar-refractivity contribution >= 4 is 17.8 Å². The molecule has 0 bridgehead atoms. The molecule has 10 unspecified atom stereocenters. The van der Waals surface area contributed by atoms with Crippen molar-refractivity contribution in [3.8, 4) is 0 Å². The second-order valence-corrected chi connectivity index (χ2v) is 14.6. The molecule has 244 valence electrons. The highest BCUT2D eigenvalue weighted by atomic mass is 19.1. The molecule has 0 radical (unpaired) electrons. The van der Waals surface area contributed by atoms with Gasteiger partial charge in [0, 0.05) is 43.8 Å². The van der Waals surface area contributed by atoms with Crippen molar-refractivity contribution in [2.24, 2.45) is 17.8 Å². The summed E-state index contributed by atoms with van der Waals surface area (Å²) >= 11 is 0. The fraction of sp³-hybridized carbons (Fsp3) is 0.848. The van der Waals surface area contributed by atoms with Crippen molar-refractivity contribution in [3.63, 3.8) is 0 Å². The van der Waals surface area contributed by atoms with E-state index in [0.29, 0.717) is 43.9 Å². The van der Waals surface area contributed by atoms with Crippen LogP contribution in [0.5, 0.6) is 0 Å². The van der Waals surface area contributed by atoms with Gasteiger partial charge in [-0.25, -0.2) is 9.18 Å². The Balaban J connectivity index is 1.15. The van der Waals surface area contributed by atoms with E-state index in [-0.39, 0.29) is 47.9 Å². The van der Waals surface area contributed by atoms with Gasteiger partial charge in [-0.2, -0.15) is 0 Å². The maximum atomic E-state index is 16.4. The number of hydrogen-bond acceptors (Lipinski definition) is 8. The molecule has 2 N–H and O–H groups in total. The van der Waals surface area contributed by atoms with E-state index in [1.807, 2.05) is 6.20 Å². The molecule has 0 spiro atoms. The molecule has 10 nitrogen and oxygen atoms in total. The van der Waals surface area contributed by atoms with E-state index in [1.165, 1.54) is 39.2 Å². The summed E-state index contributed by atoms with van der Waals surface area (Å²) in [7, 11) is 3.47. The van der Waals surface area contributed by atoms with Crippen molar-refractivity contribution in [2.45, 2.75) is 119 Å². The van der Waals surface area contributed by atoms with Crippen molar-refractivity contribution in [3.05, 3.63) is 11.8 Å². The molecule has 3 saturated heterocycles. The third-order valence-electron chi connectivity index (χ3n) is 12.3. The highest BCUT2D eigenvalue weighted by Gasteiger charge is 2.61. The Morgan fingerprint density at radius 3 is 2.59 bits per heavy atom. The molecule has 0 aromatic heterocycles. The van der Waals surface area contributed by atoms with Crippen LogP contribution in [0.4, 0.5) is 9.18 Å². The highest BCUT2D eigenvalue weighted by molar-refractivity contribution is 6.20. The molecule has 7 rings (SSSR count). The molecule has 7 aliphatic rings. The molecule has 11 heteroatoms. The Morgan fingerprint density at radius 1 is 1.05 bits per heavy atom. The minimum absolute atomic E-state index is 0.0534. The Kier molecular flexibility index (Phi) is 8.65. The van der Waals surface area contributed by atoms with Crippen LogP contribution in [0.25, 0.3) is 0 Å². The lowest BCUT2D eigenvalue weighted by atomic mass is 9.64. The minimum atomic E-state index is -1.27. The summed E-state index contributed by atoms with van der Waals surface area (Å²) in [5, 5.41) is 5.92. The summed E-state index contributed by atoms with van der Waals surface area (Å²) in [5.41, 5.74) is 0.186. The van der Waals surface area contributed by atoms with Crippen molar-refractivity contribution in [1.29, 1.82) is 0 Å². The second-order valence-electron chi connectivity index (χ2n) is 14.6. The van der Waals surface area contributed by atoms with Crippen LogP contribution in [0.3, 0.4) is 0 Å². The van der Waals surface area contributed by atoms with Gasteiger partial charge in [-0.3, -0.25) is 14.5 Å². The van der Waals surface area contributed by atoms with Gasteiger partial charge in [0.2, 0.25) is 0 Å². The molecule has 4 aliphatic heterocycles. The van der Waals surface area contributed by atoms with E-state index in [9.17, 15) is 14.4 Å². The predicted octanol–water partition coefficient (Wildman–Crippen LogP) is 2.62. The third kappa shape index (κ3) is 5.55. The molecule has 0 aromatic carbocycles. The Bertz CT molecular complexity index is 1150. The zero-order chi connectivity index (χ0) is 30.5. The zero-order valence-corrected chi connectivity index (χ0v) is 26.3. The standard InChI is InChI=1S/C33H50FN5O5/c1-37-12-5-8-22(37)9-11-35-32(41)24-18-39-26-14-19-6-3-4-7-20(19)15-27(26)44-31-28(39)23(30(24)40)16-25(34)29(31)38-13-10-21(17-38)36-33(42)43-2/h18-23,25-29,31H,3-17H2,1-2H3,(H,35,41)(H,36,42)/t19?,20?,21-,22?,23?,25?,26?,27?,28?,29?,31?/m0/s1. The largest absolute Gasteiger partial charge is 0.453 e. The topological polar surface area (TPSA) is 103 Å². The van der Waals surface area contributed by atoms with Crippen LogP contribution in [-0.2, 0) is 19.1 Å². The highest BCUT2D eigenvalue weighted by Crippen LogP contribution is 2.51. The number of rotatable bonds is 6. The Hall–Kier alpha value is -2.24. The fourth-order valence-corrected chi connectivity index (χ4v) is 10.1. The lowest BCUT2D eigenvalue weighted by Crippen LogP contribution is -2.73. The average molecular weight is 616 g/mol. The number of ketones is 1. The lowest BCUT2D eigenvalue weighted by Gasteiger charge is -2.61. The van der Waals surface area contributed by atoms with Gasteiger partial charge in [-0.15, -0.1) is 0 Å². The molecular formula is C33H50FN5O5. The van der Waals surface area contributed by atoms with E-state index >= 15 is 4.39 Å². The SMILES string of the molecule is COC(=O)N[C@H]1CCN(C2C(F)CC3C(=O)C(C(=O)NCCC4CCCN4C)=CN4C5CC6CCCCC6CC5OC2C34)C1. The van der Waals surface area contributed by atoms with Crippen LogP contribution < -0.4 is 10.6 Å². The normalized spacial score (nSPS) is 42.2. The maximum Gasteiger partial charge on any atom is 0.407 e. The number of nitrogens with one attached hydrogen (secondary N) is 2. The number of alkyl halides is 1. The number of carbonyl (C=O) groups is 3. The molecule has 3 saturated carbocycles. The molecular weight excluding hydrogens is 565 g/mol. The summed E-state index contributed by atoms with van der Waals surface area (Å²) in [6.07, 6.45) is 10.4. The first-order chi connectivity index (χ1) is 21.3. The molecule has 44 heavy (non-hydrogen) atoms. The average Bonchev–Trinajstić information content (AvgIpc) is 3.65. The quantitative estimate of drug-likeness (QED) is 0.440. The molecule has 2 amide bonds. The second kappa shape index (κ2) is 12.5. The lowest BCUT2D eigenvalue weighted by molar-refractivity contribution is -0.219. The number of Topliss-reactive ketones (excluding diaryl/α,β-unsaturated/α-hetero) is 1. The molecule has 0 aromatic rings. The van der Waals surface area contributed by atoms with Crippen LogP contribution in [0.2, 0.25) is 0 Å². The number of likely N-dealkylation sites (tertiary alicyclic amines) is 2. The number of ether oxygens (including phenoxy) is 2. The summed E-state index contributed by atoms with van der Waals surface area (Å²) in [4.78, 5) is 46.2. The number of nitrogens with zero attached hydrogens (tertiary/aromatic N) is 3. The zero-order valence-electron chi connectivity index (χ0n) is 26.3. The van der Waals surface area contributed by atoms with E-state index in [0.717, 1.165) is 32.2 Å². The van der Waals surface area contributed by atoms with E-state index < -0.39 is 30.3 Å². The number of morpholine rings is 1. The Labute approximate surface area is 260 Å². The van der Waals surface area contributed by atoms with Gasteiger partial charge < -0.3 is 29.9 Å². The monoisotopic (exact) mass is 615 g/mol. The van der Waals surface area contributed by atoms with Gasteiger partial charge in [-0.1, -0.05) is 25.7 Å². The van der Waals surface area contributed by atoms with Gasteiger partial charge in [0.25, 0.3) is 5.91 Å². The van der Waals surface area contributed by atoms with Crippen LogP contribution in [-0.4, -0.2) is 121 Å². The van der Waals surface area contributed by atoms with Gasteiger partial charge >= 0.3 is 6.09 Å².